The Morgan fingerprint density at radius 3 is 2.44 bits per heavy atom. The maximum absolute atomic E-state index is 11.6. The number of hydrogen-bond acceptors (Lipinski definition) is 2. The predicted molar refractivity (Wildman–Crippen MR) is 60.0 cm³/mol. The van der Waals surface area contributed by atoms with Crippen LogP contribution in [0.15, 0.2) is 48.5 Å². The van der Waals surface area contributed by atoms with Crippen LogP contribution in [0.25, 0.3) is 6.26 Å². The van der Waals surface area contributed by atoms with Crippen LogP contribution < -0.4 is 15.5 Å². The highest BCUT2D eigenvalue weighted by molar-refractivity contribution is 5.24. The van der Waals surface area contributed by atoms with E-state index >= 15 is 0 Å². The average Bonchev–Trinajstić information content (AvgIpc) is 2.49. The second kappa shape index (κ2) is 3.38. The topological polar surface area (TPSA) is 35.3 Å². The summed E-state index contributed by atoms with van der Waals surface area (Å²) in [6, 6.07) is 15.2. The first-order chi connectivity index (χ1) is 7.86. The van der Waals surface area contributed by atoms with Crippen molar-refractivity contribution in [2.45, 2.75) is 0 Å². The molecule has 16 heavy (non-hydrogen) atoms. The van der Waals surface area contributed by atoms with Crippen LogP contribution >= 0.6 is 0 Å². The van der Waals surface area contributed by atoms with Crippen LogP contribution in [0.5, 0.6) is 0 Å². The third-order valence-electron chi connectivity index (χ3n) is 2.63. The number of fused-ring (bicyclic) bond motifs is 2. The van der Waals surface area contributed by atoms with E-state index in [-0.39, 0.29) is 0 Å². The number of para-hydroxylation sites is 1. The maximum atomic E-state index is 11.6. The zero-order valence-electron chi connectivity index (χ0n) is 8.46. The molecule has 1 heterocycles. The number of benzene rings is 2. The quantitative estimate of drug-likeness (QED) is 0.600. The van der Waals surface area contributed by atoms with Gasteiger partial charge in [0.2, 0.25) is 0 Å². The minimum atomic E-state index is 0.531. The Morgan fingerprint density at radius 1 is 0.875 bits per heavy atom. The summed E-state index contributed by atoms with van der Waals surface area (Å²) in [5.41, 5.74) is 0. The fourth-order valence-corrected chi connectivity index (χ4v) is 1.87. The third kappa shape index (κ3) is 1.26. The molecule has 0 spiro atoms. The largest absolute Gasteiger partial charge is 0.374 e. The van der Waals surface area contributed by atoms with Gasteiger partial charge in [0.05, 0.1) is 10.1 Å². The smallest absolute Gasteiger partial charge is 0.276 e. The van der Waals surface area contributed by atoms with Gasteiger partial charge in [0, 0.05) is 12.3 Å². The van der Waals surface area contributed by atoms with Gasteiger partial charge in [0.15, 0.2) is 0 Å². The average molecular weight is 211 g/mol. The zero-order valence-corrected chi connectivity index (χ0v) is 8.46. The summed E-state index contributed by atoms with van der Waals surface area (Å²) in [6.07, 6.45) is 1.47. The molecule has 2 aromatic rings. The summed E-state index contributed by atoms with van der Waals surface area (Å²) < 4.78 is 0. The molecular formula is C13H9NO2. The molecule has 0 aromatic heterocycles. The molecule has 0 aliphatic carbocycles. The number of rotatable bonds is 0. The van der Waals surface area contributed by atoms with Gasteiger partial charge < -0.3 is 4.84 Å². The fourth-order valence-electron chi connectivity index (χ4n) is 1.87. The van der Waals surface area contributed by atoms with Gasteiger partial charge >= 0.3 is 0 Å². The molecular weight excluding hydrogens is 202 g/mol. The van der Waals surface area contributed by atoms with Crippen LogP contribution in [0.3, 0.4) is 0 Å². The van der Waals surface area contributed by atoms with Gasteiger partial charge in [-0.1, -0.05) is 36.4 Å². The van der Waals surface area contributed by atoms with Crippen LogP contribution in [-0.4, -0.2) is 0 Å². The van der Waals surface area contributed by atoms with Crippen molar-refractivity contribution in [2.24, 2.45) is 0 Å². The van der Waals surface area contributed by atoms with E-state index in [1.807, 2.05) is 42.5 Å². The van der Waals surface area contributed by atoms with Crippen LogP contribution in [0.1, 0.15) is 0 Å². The van der Waals surface area contributed by atoms with Gasteiger partial charge in [-0.15, -0.1) is 0 Å². The highest BCUT2D eigenvalue weighted by Crippen LogP contribution is 1.92. The van der Waals surface area contributed by atoms with Crippen molar-refractivity contribution < 1.29 is 4.84 Å². The van der Waals surface area contributed by atoms with E-state index in [0.29, 0.717) is 10.3 Å². The fraction of sp³-hybridized carbons (Fsp3) is 0. The molecule has 2 aromatic carbocycles. The van der Waals surface area contributed by atoms with Gasteiger partial charge in [-0.2, -0.15) is 0 Å². The van der Waals surface area contributed by atoms with E-state index in [1.54, 1.807) is 6.07 Å². The molecule has 1 aliphatic rings. The van der Waals surface area contributed by atoms with E-state index < -0.39 is 0 Å². The third-order valence-corrected chi connectivity index (χ3v) is 2.63. The summed E-state index contributed by atoms with van der Waals surface area (Å²) in [6.45, 7) is 0. The van der Waals surface area contributed by atoms with E-state index in [2.05, 4.69) is 0 Å². The predicted octanol–water partition coefficient (Wildman–Crippen LogP) is 0.646. The van der Waals surface area contributed by atoms with Crippen molar-refractivity contribution in [1.29, 1.82) is 0 Å². The molecule has 0 saturated heterocycles. The van der Waals surface area contributed by atoms with Crippen molar-refractivity contribution >= 4 is 6.26 Å². The Hall–Kier alpha value is -2.29. The lowest BCUT2D eigenvalue weighted by Crippen LogP contribution is -2.22. The van der Waals surface area contributed by atoms with Gasteiger partial charge in [0.1, 0.15) is 0 Å². The van der Waals surface area contributed by atoms with Crippen molar-refractivity contribution in [1.82, 2.24) is 4.90 Å². The van der Waals surface area contributed by atoms with Crippen LogP contribution in [0.2, 0.25) is 0 Å². The second-order valence-electron chi connectivity index (χ2n) is 3.58. The van der Waals surface area contributed by atoms with Gasteiger partial charge in [-0.3, -0.25) is 5.21 Å². The molecule has 1 aliphatic heterocycles. The maximum Gasteiger partial charge on any atom is 0.276 e. The summed E-state index contributed by atoms with van der Waals surface area (Å²) in [4.78, 5) is 5.55. The molecule has 0 radical (unpaired) electrons. The van der Waals surface area contributed by atoms with E-state index in [9.17, 15) is 5.21 Å². The Balaban J connectivity index is 2.75. The summed E-state index contributed by atoms with van der Waals surface area (Å²) in [5, 5.41) is 15.0. The first-order valence-corrected chi connectivity index (χ1v) is 5.02. The lowest BCUT2D eigenvalue weighted by molar-refractivity contribution is 0.154. The first-order valence-electron chi connectivity index (χ1n) is 5.02. The Kier molecular flexibility index (Phi) is 1.90. The second-order valence-corrected chi connectivity index (χ2v) is 3.58. The lowest BCUT2D eigenvalue weighted by atomic mass is 10.2. The molecule has 0 unspecified atom stereocenters. The van der Waals surface area contributed by atoms with Crippen LogP contribution in [0, 0.1) is 15.6 Å². The van der Waals surface area contributed by atoms with Crippen molar-refractivity contribution in [3.63, 3.8) is 0 Å². The van der Waals surface area contributed by atoms with Crippen molar-refractivity contribution in [3.8, 4) is 0 Å². The Bertz CT molecular complexity index is 750. The summed E-state index contributed by atoms with van der Waals surface area (Å²) in [5.74, 6) is 0. The Morgan fingerprint density at radius 2 is 1.56 bits per heavy atom. The minimum absolute atomic E-state index is 0.531. The summed E-state index contributed by atoms with van der Waals surface area (Å²) >= 11 is 0. The lowest BCUT2D eigenvalue weighted by Gasteiger charge is -1.95. The highest BCUT2D eigenvalue weighted by Gasteiger charge is 2.02. The van der Waals surface area contributed by atoms with Crippen molar-refractivity contribution in [2.75, 3.05) is 0 Å². The normalized spacial score (nSPS) is 12.9. The summed E-state index contributed by atoms with van der Waals surface area (Å²) in [7, 11) is 0. The number of hydrogen-bond donors (Lipinski definition) is 0. The molecule has 0 atom stereocenters. The molecule has 0 N–H and O–H groups in total. The number of nitrogens with zero attached hydrogens (tertiary/aromatic N) is 1. The van der Waals surface area contributed by atoms with Gasteiger partial charge in [0.25, 0.3) is 5.36 Å². The van der Waals surface area contributed by atoms with E-state index in [0.717, 1.165) is 15.7 Å². The molecule has 3 nitrogen and oxygen atoms in total. The zero-order chi connectivity index (χ0) is 11.0. The SMILES string of the molecule is [O-][N+]1=c2ccccc2=c2ccccc2=CO1. The van der Waals surface area contributed by atoms with E-state index in [4.69, 9.17) is 4.84 Å². The molecule has 0 saturated carbocycles. The molecule has 0 fully saturated rings. The molecule has 3 rings (SSSR count). The standard InChI is InChI=1S/C13H9NO2/c15-14-13-8-4-3-7-12(13)11-6-2-1-5-10(11)9-16-14/h1-9H. The van der Waals surface area contributed by atoms with Gasteiger partial charge in [-0.25, -0.2) is 0 Å². The van der Waals surface area contributed by atoms with Crippen LogP contribution in [0.4, 0.5) is 0 Å². The van der Waals surface area contributed by atoms with Crippen LogP contribution in [-0.2, 0) is 4.84 Å². The molecule has 78 valence electrons. The molecule has 3 heteroatoms. The minimum Gasteiger partial charge on any atom is -0.374 e. The monoisotopic (exact) mass is 211 g/mol. The highest BCUT2D eigenvalue weighted by atomic mass is 16.9. The molecule has 0 amide bonds. The van der Waals surface area contributed by atoms with E-state index in [1.165, 1.54) is 6.26 Å². The molecule has 0 bridgehead atoms. The first kappa shape index (κ1) is 8.97. The van der Waals surface area contributed by atoms with Crippen molar-refractivity contribution in [3.05, 3.63) is 74.8 Å². The van der Waals surface area contributed by atoms with Gasteiger partial charge in [-0.05, 0) is 16.5 Å². The Labute approximate surface area is 91.4 Å².